The second-order valence-corrected chi connectivity index (χ2v) is 6.81. The molecule has 0 radical (unpaired) electrons. The van der Waals surface area contributed by atoms with E-state index in [-0.39, 0.29) is 31.2 Å². The van der Waals surface area contributed by atoms with E-state index in [0.717, 1.165) is 10.3 Å². The van der Waals surface area contributed by atoms with Crippen LogP contribution in [0, 0.1) is 0 Å². The first-order chi connectivity index (χ1) is 13.0. The molecule has 0 bridgehead atoms. The van der Waals surface area contributed by atoms with Crippen LogP contribution < -0.4 is 10.1 Å². The van der Waals surface area contributed by atoms with Gasteiger partial charge in [-0.1, -0.05) is 12.1 Å². The highest BCUT2D eigenvalue weighted by atomic mass is 32.1. The van der Waals surface area contributed by atoms with E-state index in [9.17, 15) is 14.4 Å². The number of furan rings is 1. The Morgan fingerprint density at radius 1 is 1.33 bits per heavy atom. The zero-order chi connectivity index (χ0) is 19.0. The summed E-state index contributed by atoms with van der Waals surface area (Å²) < 4.78 is 11.1. The Labute approximate surface area is 157 Å². The highest BCUT2D eigenvalue weighted by Crippen LogP contribution is 2.34. The molecule has 0 aliphatic carbocycles. The standard InChI is InChI=1S/C18H15N3O5S/c1-25-12-4-2-3-10-7-13(26-17(10)12)11-9-27-18(19-11)20-14(22)8-21-15(23)5-6-16(21)24/h2-4,7,9H,5-6,8H2,1H3,(H,19,20,22). The van der Waals surface area contributed by atoms with E-state index in [4.69, 9.17) is 9.15 Å². The van der Waals surface area contributed by atoms with E-state index in [1.807, 2.05) is 24.3 Å². The maximum absolute atomic E-state index is 12.1. The summed E-state index contributed by atoms with van der Waals surface area (Å²) in [5.41, 5.74) is 1.20. The van der Waals surface area contributed by atoms with E-state index in [0.29, 0.717) is 27.9 Å². The molecule has 2 aromatic heterocycles. The first kappa shape index (κ1) is 17.2. The summed E-state index contributed by atoms with van der Waals surface area (Å²) >= 11 is 1.23. The van der Waals surface area contributed by atoms with Crippen LogP contribution in [0.4, 0.5) is 5.13 Å². The Kier molecular flexibility index (Phi) is 4.36. The van der Waals surface area contributed by atoms with E-state index >= 15 is 0 Å². The fraction of sp³-hybridized carbons (Fsp3) is 0.222. The number of imide groups is 1. The Hall–Kier alpha value is -3.20. The molecular formula is C18H15N3O5S. The largest absolute Gasteiger partial charge is 0.493 e. The molecule has 0 saturated carbocycles. The second kappa shape index (κ2) is 6.84. The monoisotopic (exact) mass is 385 g/mol. The van der Waals surface area contributed by atoms with Crippen molar-refractivity contribution in [2.75, 3.05) is 19.0 Å². The number of amides is 3. The number of methoxy groups -OCH3 is 1. The lowest BCUT2D eigenvalue weighted by Crippen LogP contribution is -2.36. The molecule has 1 aromatic carbocycles. The third kappa shape index (κ3) is 3.28. The summed E-state index contributed by atoms with van der Waals surface area (Å²) in [6.07, 6.45) is 0.312. The van der Waals surface area contributed by atoms with Crippen LogP contribution in [0.5, 0.6) is 5.75 Å². The normalized spacial score (nSPS) is 14.2. The van der Waals surface area contributed by atoms with Crippen molar-refractivity contribution in [3.05, 3.63) is 29.6 Å². The SMILES string of the molecule is COc1cccc2cc(-c3csc(NC(=O)CN4C(=O)CCC4=O)n3)oc12. The van der Waals surface area contributed by atoms with Gasteiger partial charge in [0.1, 0.15) is 12.2 Å². The molecule has 4 rings (SSSR count). The van der Waals surface area contributed by atoms with Crippen LogP contribution in [0.3, 0.4) is 0 Å². The second-order valence-electron chi connectivity index (χ2n) is 5.95. The summed E-state index contributed by atoms with van der Waals surface area (Å²) in [7, 11) is 1.57. The number of hydrogen-bond donors (Lipinski definition) is 1. The lowest BCUT2D eigenvalue weighted by atomic mass is 10.2. The Balaban J connectivity index is 1.49. The van der Waals surface area contributed by atoms with Crippen LogP contribution in [0.1, 0.15) is 12.8 Å². The molecule has 3 amide bonds. The summed E-state index contributed by atoms with van der Waals surface area (Å²) in [6.45, 7) is -0.297. The number of thiazole rings is 1. The van der Waals surface area contributed by atoms with Gasteiger partial charge in [-0.15, -0.1) is 11.3 Å². The van der Waals surface area contributed by atoms with Crippen LogP contribution in [-0.2, 0) is 14.4 Å². The first-order valence-corrected chi connectivity index (χ1v) is 9.08. The number of anilines is 1. The molecule has 1 N–H and O–H groups in total. The van der Waals surface area contributed by atoms with Gasteiger partial charge in [-0.25, -0.2) is 4.98 Å². The Morgan fingerprint density at radius 3 is 2.85 bits per heavy atom. The number of rotatable bonds is 5. The topological polar surface area (TPSA) is 102 Å². The minimum Gasteiger partial charge on any atom is -0.493 e. The number of ether oxygens (including phenoxy) is 1. The fourth-order valence-electron chi connectivity index (χ4n) is 2.87. The van der Waals surface area contributed by atoms with Crippen molar-refractivity contribution >= 4 is 45.2 Å². The predicted octanol–water partition coefficient (Wildman–Crippen LogP) is 2.65. The number of likely N-dealkylation sites (tertiary alicyclic amines) is 1. The molecule has 1 saturated heterocycles. The number of nitrogens with zero attached hydrogens (tertiary/aromatic N) is 2. The van der Waals surface area contributed by atoms with Gasteiger partial charge in [0.25, 0.3) is 0 Å². The fourth-order valence-corrected chi connectivity index (χ4v) is 3.59. The van der Waals surface area contributed by atoms with Gasteiger partial charge in [-0.3, -0.25) is 19.3 Å². The molecule has 0 spiro atoms. The van der Waals surface area contributed by atoms with Gasteiger partial charge in [-0.05, 0) is 12.1 Å². The van der Waals surface area contributed by atoms with Crippen LogP contribution in [0.15, 0.2) is 34.1 Å². The van der Waals surface area contributed by atoms with Crippen LogP contribution in [-0.4, -0.2) is 41.3 Å². The number of aromatic nitrogens is 1. The molecular weight excluding hydrogens is 370 g/mol. The van der Waals surface area contributed by atoms with E-state index in [2.05, 4.69) is 10.3 Å². The smallest absolute Gasteiger partial charge is 0.246 e. The highest BCUT2D eigenvalue weighted by molar-refractivity contribution is 7.14. The molecule has 9 heteroatoms. The molecule has 1 aliphatic heterocycles. The molecule has 0 unspecified atom stereocenters. The number of para-hydroxylation sites is 1. The van der Waals surface area contributed by atoms with Crippen molar-refractivity contribution in [1.82, 2.24) is 9.88 Å². The molecule has 27 heavy (non-hydrogen) atoms. The van der Waals surface area contributed by atoms with Crippen molar-refractivity contribution < 1.29 is 23.5 Å². The molecule has 0 atom stereocenters. The zero-order valence-electron chi connectivity index (χ0n) is 14.4. The molecule has 1 aliphatic rings. The molecule has 3 aromatic rings. The maximum atomic E-state index is 12.1. The van der Waals surface area contributed by atoms with Gasteiger partial charge in [0.15, 0.2) is 22.2 Å². The number of benzene rings is 1. The number of nitrogens with one attached hydrogen (secondary N) is 1. The minimum atomic E-state index is -0.467. The summed E-state index contributed by atoms with van der Waals surface area (Å²) in [5, 5.41) is 5.61. The van der Waals surface area contributed by atoms with Gasteiger partial charge < -0.3 is 14.5 Å². The zero-order valence-corrected chi connectivity index (χ0v) is 15.2. The van der Waals surface area contributed by atoms with E-state index in [1.165, 1.54) is 11.3 Å². The van der Waals surface area contributed by atoms with Gasteiger partial charge in [0, 0.05) is 23.6 Å². The lowest BCUT2D eigenvalue weighted by molar-refractivity contribution is -0.141. The lowest BCUT2D eigenvalue weighted by Gasteiger charge is -2.12. The van der Waals surface area contributed by atoms with Crippen molar-refractivity contribution in [3.8, 4) is 17.2 Å². The Morgan fingerprint density at radius 2 is 2.11 bits per heavy atom. The first-order valence-electron chi connectivity index (χ1n) is 8.20. The van der Waals surface area contributed by atoms with Crippen molar-refractivity contribution in [3.63, 3.8) is 0 Å². The molecule has 138 valence electrons. The van der Waals surface area contributed by atoms with Gasteiger partial charge in [0.2, 0.25) is 17.7 Å². The van der Waals surface area contributed by atoms with Crippen LogP contribution >= 0.6 is 11.3 Å². The van der Waals surface area contributed by atoms with E-state index < -0.39 is 5.91 Å². The summed E-state index contributed by atoms with van der Waals surface area (Å²) in [4.78, 5) is 40.6. The minimum absolute atomic E-state index is 0.156. The number of fused-ring (bicyclic) bond motifs is 1. The molecule has 3 heterocycles. The number of hydrogen-bond acceptors (Lipinski definition) is 7. The van der Waals surface area contributed by atoms with Crippen molar-refractivity contribution in [2.24, 2.45) is 0 Å². The van der Waals surface area contributed by atoms with Crippen LogP contribution in [0.25, 0.3) is 22.4 Å². The summed E-state index contributed by atoms with van der Waals surface area (Å²) in [5.74, 6) is 0.0572. The van der Waals surface area contributed by atoms with Gasteiger partial charge in [0.05, 0.1) is 7.11 Å². The predicted molar refractivity (Wildman–Crippen MR) is 98.5 cm³/mol. The third-order valence-corrected chi connectivity index (χ3v) is 4.95. The van der Waals surface area contributed by atoms with Crippen molar-refractivity contribution in [1.29, 1.82) is 0 Å². The van der Waals surface area contributed by atoms with Crippen molar-refractivity contribution in [2.45, 2.75) is 12.8 Å². The van der Waals surface area contributed by atoms with E-state index in [1.54, 1.807) is 12.5 Å². The third-order valence-electron chi connectivity index (χ3n) is 4.19. The van der Waals surface area contributed by atoms with Crippen LogP contribution in [0.2, 0.25) is 0 Å². The Bertz CT molecular complexity index is 1040. The highest BCUT2D eigenvalue weighted by Gasteiger charge is 2.30. The number of carbonyl (C=O) groups excluding carboxylic acids is 3. The average molecular weight is 385 g/mol. The maximum Gasteiger partial charge on any atom is 0.246 e. The van der Waals surface area contributed by atoms with Gasteiger partial charge >= 0.3 is 0 Å². The quantitative estimate of drug-likeness (QED) is 0.678. The summed E-state index contributed by atoms with van der Waals surface area (Å²) in [6, 6.07) is 7.43. The molecule has 8 nitrogen and oxygen atoms in total. The average Bonchev–Trinajstić information content (AvgIpc) is 3.36. The van der Waals surface area contributed by atoms with Gasteiger partial charge in [-0.2, -0.15) is 0 Å². The number of carbonyl (C=O) groups is 3. The molecule has 1 fully saturated rings.